The average Bonchev–Trinajstić information content (AvgIpc) is 2.62. The van der Waals surface area contributed by atoms with Gasteiger partial charge < -0.3 is 9.47 Å². The first-order chi connectivity index (χ1) is 11.9. The van der Waals surface area contributed by atoms with Crippen LogP contribution in [0.3, 0.4) is 0 Å². The lowest BCUT2D eigenvalue weighted by Gasteiger charge is -2.22. The summed E-state index contributed by atoms with van der Waals surface area (Å²) in [6.45, 7) is 5.11. The average molecular weight is 338 g/mol. The van der Waals surface area contributed by atoms with Crippen LogP contribution >= 0.6 is 0 Å². The monoisotopic (exact) mass is 337 g/mol. The molecule has 0 N–H and O–H groups in total. The molecule has 0 unspecified atom stereocenters. The van der Waals surface area contributed by atoms with Crippen LogP contribution in [0.5, 0.6) is 0 Å². The molecule has 1 saturated heterocycles. The van der Waals surface area contributed by atoms with E-state index in [2.05, 4.69) is 19.1 Å². The van der Waals surface area contributed by atoms with Crippen molar-refractivity contribution < 1.29 is 9.47 Å². The SMILES string of the molecule is CCCCCCCC/C=C\CCCCCC[CH]O[C@H]1CCCCO1. The van der Waals surface area contributed by atoms with Crippen molar-refractivity contribution in [1.82, 2.24) is 0 Å². The maximum Gasteiger partial charge on any atom is 0.158 e. The fourth-order valence-corrected chi connectivity index (χ4v) is 3.12. The van der Waals surface area contributed by atoms with Crippen molar-refractivity contribution in [3.63, 3.8) is 0 Å². The van der Waals surface area contributed by atoms with Gasteiger partial charge in [0.15, 0.2) is 6.29 Å². The molecule has 1 aliphatic heterocycles. The fraction of sp³-hybridized carbons (Fsp3) is 0.864. The maximum atomic E-state index is 5.64. The minimum absolute atomic E-state index is 0.0375. The second-order valence-corrected chi connectivity index (χ2v) is 7.12. The van der Waals surface area contributed by atoms with Crippen LogP contribution in [0.15, 0.2) is 12.2 Å². The molecule has 2 heteroatoms. The molecule has 0 amide bonds. The molecule has 0 aromatic rings. The van der Waals surface area contributed by atoms with Crippen LogP contribution in [0.2, 0.25) is 0 Å². The Labute approximate surface area is 151 Å². The van der Waals surface area contributed by atoms with Gasteiger partial charge in [0.1, 0.15) is 0 Å². The van der Waals surface area contributed by atoms with Gasteiger partial charge in [0.05, 0.1) is 6.61 Å². The summed E-state index contributed by atoms with van der Waals surface area (Å²) in [7, 11) is 0. The third kappa shape index (κ3) is 14.0. The van der Waals surface area contributed by atoms with E-state index in [-0.39, 0.29) is 6.29 Å². The summed E-state index contributed by atoms with van der Waals surface area (Å²) < 4.78 is 11.2. The van der Waals surface area contributed by atoms with Gasteiger partial charge in [0, 0.05) is 6.61 Å². The van der Waals surface area contributed by atoms with Crippen molar-refractivity contribution >= 4 is 0 Å². The fourth-order valence-electron chi connectivity index (χ4n) is 3.12. The summed E-state index contributed by atoms with van der Waals surface area (Å²) in [5, 5.41) is 0. The minimum Gasteiger partial charge on any atom is -0.353 e. The largest absolute Gasteiger partial charge is 0.353 e. The Bertz CT molecular complexity index is 269. The molecular formula is C22H41O2. The molecule has 0 bridgehead atoms. The molecule has 1 aliphatic rings. The van der Waals surface area contributed by atoms with Crippen molar-refractivity contribution in [2.75, 3.05) is 6.61 Å². The Balaban J connectivity index is 1.71. The Morgan fingerprint density at radius 1 is 0.792 bits per heavy atom. The Morgan fingerprint density at radius 2 is 1.42 bits per heavy atom. The number of hydrogen-bond donors (Lipinski definition) is 0. The summed E-state index contributed by atoms with van der Waals surface area (Å²) in [5.41, 5.74) is 0. The first-order valence-corrected chi connectivity index (χ1v) is 10.7. The molecule has 0 spiro atoms. The molecule has 1 rings (SSSR count). The number of rotatable bonds is 16. The Hall–Kier alpha value is -0.340. The van der Waals surface area contributed by atoms with E-state index in [0.717, 1.165) is 19.4 Å². The van der Waals surface area contributed by atoms with Crippen LogP contribution in [0.1, 0.15) is 110 Å². The summed E-state index contributed by atoms with van der Waals surface area (Å²) >= 11 is 0. The smallest absolute Gasteiger partial charge is 0.158 e. The highest BCUT2D eigenvalue weighted by Crippen LogP contribution is 2.16. The minimum atomic E-state index is 0.0375. The van der Waals surface area contributed by atoms with Crippen molar-refractivity contribution in [2.24, 2.45) is 0 Å². The van der Waals surface area contributed by atoms with Gasteiger partial charge in [0.2, 0.25) is 0 Å². The van der Waals surface area contributed by atoms with Crippen LogP contribution in [-0.2, 0) is 9.47 Å². The number of hydrogen-bond acceptors (Lipinski definition) is 2. The van der Waals surface area contributed by atoms with Crippen molar-refractivity contribution in [2.45, 2.75) is 116 Å². The molecule has 1 fully saturated rings. The second-order valence-electron chi connectivity index (χ2n) is 7.12. The van der Waals surface area contributed by atoms with Crippen LogP contribution in [0.4, 0.5) is 0 Å². The molecule has 1 atom stereocenters. The van der Waals surface area contributed by atoms with Crippen LogP contribution in [0.25, 0.3) is 0 Å². The van der Waals surface area contributed by atoms with Gasteiger partial charge >= 0.3 is 0 Å². The second kappa shape index (κ2) is 17.5. The van der Waals surface area contributed by atoms with Gasteiger partial charge in [-0.1, -0.05) is 70.4 Å². The zero-order chi connectivity index (χ0) is 17.1. The van der Waals surface area contributed by atoms with E-state index in [1.165, 1.54) is 89.9 Å². The van der Waals surface area contributed by atoms with Gasteiger partial charge in [-0.2, -0.15) is 0 Å². The molecule has 0 aliphatic carbocycles. The Kier molecular flexibility index (Phi) is 15.8. The molecule has 1 heterocycles. The predicted molar refractivity (Wildman–Crippen MR) is 104 cm³/mol. The molecule has 0 saturated carbocycles. The Morgan fingerprint density at radius 3 is 2.04 bits per heavy atom. The lowest BCUT2D eigenvalue weighted by atomic mass is 10.1. The highest BCUT2D eigenvalue weighted by Gasteiger charge is 2.13. The van der Waals surface area contributed by atoms with E-state index in [9.17, 15) is 0 Å². The van der Waals surface area contributed by atoms with Crippen molar-refractivity contribution in [3.8, 4) is 0 Å². The van der Waals surface area contributed by atoms with Gasteiger partial charge in [-0.3, -0.25) is 0 Å². The van der Waals surface area contributed by atoms with Crippen LogP contribution in [0, 0.1) is 6.61 Å². The molecule has 24 heavy (non-hydrogen) atoms. The first kappa shape index (κ1) is 21.7. The molecular weight excluding hydrogens is 296 g/mol. The van der Waals surface area contributed by atoms with E-state index in [1.807, 2.05) is 6.61 Å². The highest BCUT2D eigenvalue weighted by atomic mass is 16.7. The van der Waals surface area contributed by atoms with Crippen molar-refractivity contribution in [3.05, 3.63) is 18.8 Å². The third-order valence-electron chi connectivity index (χ3n) is 4.72. The van der Waals surface area contributed by atoms with E-state index >= 15 is 0 Å². The number of unbranched alkanes of at least 4 members (excludes halogenated alkanes) is 11. The van der Waals surface area contributed by atoms with Gasteiger partial charge in [0.25, 0.3) is 0 Å². The van der Waals surface area contributed by atoms with E-state index < -0.39 is 0 Å². The predicted octanol–water partition coefficient (Wildman–Crippen LogP) is 7.34. The summed E-state index contributed by atoms with van der Waals surface area (Å²) in [6.07, 6.45) is 25.5. The topological polar surface area (TPSA) is 18.5 Å². The van der Waals surface area contributed by atoms with Gasteiger partial charge in [-0.05, 0) is 51.4 Å². The quantitative estimate of drug-likeness (QED) is 0.217. The molecule has 1 radical (unpaired) electrons. The first-order valence-electron chi connectivity index (χ1n) is 10.7. The lowest BCUT2D eigenvalue weighted by molar-refractivity contribution is -0.144. The number of allylic oxidation sites excluding steroid dienone is 2. The van der Waals surface area contributed by atoms with Gasteiger partial charge in [-0.15, -0.1) is 0 Å². The van der Waals surface area contributed by atoms with E-state index in [0.29, 0.717) is 0 Å². The standard InChI is InChI=1S/C22H41O2/c1-2-3-4-5-6-7-8-9-10-11-12-13-14-15-17-20-23-22-19-16-18-21-24-22/h9-10,20,22H,2-8,11-19,21H2,1H3/b10-9-/t22-/m1/s1. The summed E-state index contributed by atoms with van der Waals surface area (Å²) in [4.78, 5) is 0. The molecule has 0 aromatic heterocycles. The molecule has 0 aromatic carbocycles. The normalized spacial score (nSPS) is 18.5. The summed E-state index contributed by atoms with van der Waals surface area (Å²) in [5.74, 6) is 0. The van der Waals surface area contributed by atoms with Crippen molar-refractivity contribution in [1.29, 1.82) is 0 Å². The highest BCUT2D eigenvalue weighted by molar-refractivity contribution is 4.81. The maximum absolute atomic E-state index is 5.64. The summed E-state index contributed by atoms with van der Waals surface area (Å²) in [6, 6.07) is 0. The van der Waals surface area contributed by atoms with Crippen LogP contribution < -0.4 is 0 Å². The van der Waals surface area contributed by atoms with Gasteiger partial charge in [-0.25, -0.2) is 0 Å². The third-order valence-corrected chi connectivity index (χ3v) is 4.72. The number of ether oxygens (including phenoxy) is 2. The molecule has 141 valence electrons. The van der Waals surface area contributed by atoms with E-state index in [1.54, 1.807) is 0 Å². The van der Waals surface area contributed by atoms with E-state index in [4.69, 9.17) is 9.47 Å². The zero-order valence-electron chi connectivity index (χ0n) is 16.1. The van der Waals surface area contributed by atoms with Crippen LogP contribution in [-0.4, -0.2) is 12.9 Å². The zero-order valence-corrected chi connectivity index (χ0v) is 16.1. The molecule has 2 nitrogen and oxygen atoms in total. The lowest BCUT2D eigenvalue weighted by Crippen LogP contribution is -2.21.